The number of ether oxygens (including phenoxy) is 1. The number of anilines is 1. The molecule has 2 aromatic rings. The maximum absolute atomic E-state index is 13.2. The van der Waals surface area contributed by atoms with Crippen LogP contribution in [-0.4, -0.2) is 27.2 Å². The number of rotatable bonds is 3. The lowest BCUT2D eigenvalue weighted by atomic mass is 9.85. The van der Waals surface area contributed by atoms with Crippen molar-refractivity contribution in [1.29, 1.82) is 0 Å². The Labute approximate surface area is 153 Å². The molecule has 0 fully saturated rings. The third-order valence-corrected chi connectivity index (χ3v) is 4.64. The average Bonchev–Trinajstić information content (AvgIpc) is 3.05. The Bertz CT molecular complexity index is 933. The molecule has 1 aliphatic carbocycles. The first kappa shape index (κ1) is 17.6. The molecule has 0 saturated heterocycles. The zero-order valence-corrected chi connectivity index (χ0v) is 14.5. The van der Waals surface area contributed by atoms with E-state index < -0.39 is 18.0 Å². The van der Waals surface area contributed by atoms with Crippen molar-refractivity contribution in [3.8, 4) is 5.75 Å². The zero-order chi connectivity index (χ0) is 19.2. The second-order valence-corrected chi connectivity index (χ2v) is 6.37. The first-order valence-electron chi connectivity index (χ1n) is 8.69. The number of allylic oxidation sites excluding steroid dienone is 2. The normalized spacial score (nSPS) is 19.4. The van der Waals surface area contributed by atoms with Gasteiger partial charge in [0, 0.05) is 23.3 Å². The lowest BCUT2D eigenvalue weighted by Crippen LogP contribution is -2.31. The standard InChI is InChI=1S/C18H17F3N4O2/c1-2-27-13-9-4-3-6-10(13)15-14-11(7-5-8-12(14)26)22-17-23-16(18(19,20)21)24-25(15)17/h3-4,6,9,15H,2,5,7-8H2,1H3,(H,22,23,24). The zero-order valence-electron chi connectivity index (χ0n) is 14.5. The smallest absolute Gasteiger partial charge is 0.453 e. The SMILES string of the molecule is CCOc1ccccc1C1C2=C(CCCC2=O)Nc2nc(C(F)(F)F)nn21. The number of carbonyl (C=O) groups excluding carboxylic acids is 1. The molecule has 142 valence electrons. The minimum atomic E-state index is -4.68. The molecular formula is C18H17F3N4O2. The molecule has 0 bridgehead atoms. The predicted molar refractivity (Wildman–Crippen MR) is 90.3 cm³/mol. The van der Waals surface area contributed by atoms with Crippen LogP contribution in [0.5, 0.6) is 5.75 Å². The topological polar surface area (TPSA) is 69.0 Å². The lowest BCUT2D eigenvalue weighted by molar-refractivity contribution is -0.145. The number of ketones is 1. The largest absolute Gasteiger partial charge is 0.494 e. The first-order valence-corrected chi connectivity index (χ1v) is 8.69. The van der Waals surface area contributed by atoms with E-state index in [2.05, 4.69) is 15.4 Å². The van der Waals surface area contributed by atoms with Crippen molar-refractivity contribution >= 4 is 11.7 Å². The second kappa shape index (κ2) is 6.40. The first-order chi connectivity index (χ1) is 12.9. The number of nitrogens with one attached hydrogen (secondary N) is 1. The van der Waals surface area contributed by atoms with Crippen molar-refractivity contribution in [2.45, 2.75) is 38.4 Å². The van der Waals surface area contributed by atoms with Crippen molar-refractivity contribution in [1.82, 2.24) is 14.8 Å². The maximum Gasteiger partial charge on any atom is 0.453 e. The van der Waals surface area contributed by atoms with E-state index in [1.165, 1.54) is 0 Å². The third kappa shape index (κ3) is 2.96. The molecule has 1 aromatic heterocycles. The van der Waals surface area contributed by atoms with E-state index in [0.29, 0.717) is 48.5 Å². The molecule has 9 heteroatoms. The van der Waals surface area contributed by atoms with Gasteiger partial charge in [-0.2, -0.15) is 18.2 Å². The molecule has 0 radical (unpaired) electrons. The summed E-state index contributed by atoms with van der Waals surface area (Å²) < 4.78 is 46.3. The Hall–Kier alpha value is -2.84. The number of Topliss-reactive ketones (excluding diaryl/α,β-unsaturated/α-hetero) is 1. The molecule has 2 aliphatic rings. The average molecular weight is 378 g/mol. The van der Waals surface area contributed by atoms with E-state index in [-0.39, 0.29) is 11.7 Å². The van der Waals surface area contributed by atoms with Gasteiger partial charge in [0.25, 0.3) is 5.82 Å². The van der Waals surface area contributed by atoms with Crippen LogP contribution in [0.2, 0.25) is 0 Å². The number of halogens is 3. The molecule has 0 saturated carbocycles. The number of alkyl halides is 3. The highest BCUT2D eigenvalue weighted by Gasteiger charge is 2.42. The fourth-order valence-electron chi connectivity index (χ4n) is 3.56. The van der Waals surface area contributed by atoms with Gasteiger partial charge in [-0.3, -0.25) is 4.79 Å². The van der Waals surface area contributed by atoms with E-state index in [1.807, 2.05) is 6.92 Å². The molecule has 1 aromatic carbocycles. The van der Waals surface area contributed by atoms with Crippen LogP contribution in [0.1, 0.15) is 43.6 Å². The summed E-state index contributed by atoms with van der Waals surface area (Å²) >= 11 is 0. The summed E-state index contributed by atoms with van der Waals surface area (Å²) in [7, 11) is 0. The fourth-order valence-corrected chi connectivity index (χ4v) is 3.56. The number of carbonyl (C=O) groups is 1. The van der Waals surface area contributed by atoms with Crippen molar-refractivity contribution < 1.29 is 22.7 Å². The molecule has 1 N–H and O–H groups in total. The van der Waals surface area contributed by atoms with Crippen LogP contribution in [0.4, 0.5) is 19.1 Å². The number of para-hydroxylation sites is 1. The van der Waals surface area contributed by atoms with E-state index in [0.717, 1.165) is 4.68 Å². The van der Waals surface area contributed by atoms with Gasteiger partial charge in [-0.15, -0.1) is 5.10 Å². The Morgan fingerprint density at radius 2 is 2.07 bits per heavy atom. The molecular weight excluding hydrogens is 361 g/mol. The minimum Gasteiger partial charge on any atom is -0.494 e. The second-order valence-electron chi connectivity index (χ2n) is 6.37. The molecule has 27 heavy (non-hydrogen) atoms. The summed E-state index contributed by atoms with van der Waals surface area (Å²) in [6, 6.07) is 6.20. The van der Waals surface area contributed by atoms with Crippen molar-refractivity contribution in [2.75, 3.05) is 11.9 Å². The summed E-state index contributed by atoms with van der Waals surface area (Å²) in [6.45, 7) is 2.21. The highest BCUT2D eigenvalue weighted by Crippen LogP contribution is 2.43. The Balaban J connectivity index is 1.93. The van der Waals surface area contributed by atoms with E-state index >= 15 is 0 Å². The maximum atomic E-state index is 13.2. The van der Waals surface area contributed by atoms with Gasteiger partial charge in [0.05, 0.1) is 6.61 Å². The quantitative estimate of drug-likeness (QED) is 0.882. The van der Waals surface area contributed by atoms with Gasteiger partial charge >= 0.3 is 6.18 Å². The van der Waals surface area contributed by atoms with Gasteiger partial charge < -0.3 is 10.1 Å². The molecule has 4 rings (SSSR count). The van der Waals surface area contributed by atoms with E-state index in [4.69, 9.17) is 4.74 Å². The van der Waals surface area contributed by atoms with Crippen LogP contribution in [-0.2, 0) is 11.0 Å². The predicted octanol–water partition coefficient (Wildman–Crippen LogP) is 3.72. The van der Waals surface area contributed by atoms with Crippen LogP contribution in [0.3, 0.4) is 0 Å². The number of benzene rings is 1. The molecule has 0 spiro atoms. The molecule has 1 atom stereocenters. The molecule has 1 aliphatic heterocycles. The number of aromatic nitrogens is 3. The summed E-state index contributed by atoms with van der Waals surface area (Å²) in [5, 5.41) is 6.56. The highest BCUT2D eigenvalue weighted by atomic mass is 19.4. The van der Waals surface area contributed by atoms with Crippen molar-refractivity contribution in [3.63, 3.8) is 0 Å². The van der Waals surface area contributed by atoms with E-state index in [9.17, 15) is 18.0 Å². The molecule has 2 heterocycles. The van der Waals surface area contributed by atoms with Crippen molar-refractivity contribution in [3.05, 3.63) is 46.9 Å². The number of nitrogens with zero attached hydrogens (tertiary/aromatic N) is 3. The minimum absolute atomic E-state index is 0.0212. The molecule has 6 nitrogen and oxygen atoms in total. The number of fused-ring (bicyclic) bond motifs is 1. The van der Waals surface area contributed by atoms with Crippen LogP contribution < -0.4 is 10.1 Å². The Morgan fingerprint density at radius 3 is 2.81 bits per heavy atom. The fraction of sp³-hybridized carbons (Fsp3) is 0.389. The van der Waals surface area contributed by atoms with Gasteiger partial charge in [-0.05, 0) is 25.8 Å². The van der Waals surface area contributed by atoms with Gasteiger partial charge in [0.2, 0.25) is 5.95 Å². The number of hydrogen-bond donors (Lipinski definition) is 1. The monoisotopic (exact) mass is 378 g/mol. The van der Waals surface area contributed by atoms with Crippen LogP contribution in [0, 0.1) is 0 Å². The summed E-state index contributed by atoms with van der Waals surface area (Å²) in [5.41, 5.74) is 1.62. The lowest BCUT2D eigenvalue weighted by Gasteiger charge is -2.32. The van der Waals surface area contributed by atoms with Crippen LogP contribution in [0.15, 0.2) is 35.5 Å². The van der Waals surface area contributed by atoms with Crippen molar-refractivity contribution in [2.24, 2.45) is 0 Å². The van der Waals surface area contributed by atoms with E-state index in [1.54, 1.807) is 24.3 Å². The molecule has 0 amide bonds. The summed E-state index contributed by atoms with van der Waals surface area (Å²) in [5.74, 6) is -0.856. The van der Waals surface area contributed by atoms with Gasteiger partial charge in [0.15, 0.2) is 5.78 Å². The summed E-state index contributed by atoms with van der Waals surface area (Å²) in [4.78, 5) is 16.3. The Morgan fingerprint density at radius 1 is 1.30 bits per heavy atom. The summed E-state index contributed by atoms with van der Waals surface area (Å²) in [6.07, 6.45) is -3.11. The van der Waals surface area contributed by atoms with Gasteiger partial charge in [-0.1, -0.05) is 18.2 Å². The van der Waals surface area contributed by atoms with Crippen LogP contribution in [0.25, 0.3) is 0 Å². The Kier molecular flexibility index (Phi) is 4.16. The molecule has 1 unspecified atom stereocenters. The third-order valence-electron chi connectivity index (χ3n) is 4.64. The van der Waals surface area contributed by atoms with Crippen LogP contribution >= 0.6 is 0 Å². The van der Waals surface area contributed by atoms with Gasteiger partial charge in [-0.25, -0.2) is 4.68 Å². The van der Waals surface area contributed by atoms with Gasteiger partial charge in [0.1, 0.15) is 11.8 Å². The number of hydrogen-bond acceptors (Lipinski definition) is 5. The highest BCUT2D eigenvalue weighted by molar-refractivity contribution is 5.99.